The van der Waals surface area contributed by atoms with Gasteiger partial charge in [-0.25, -0.2) is 17.8 Å². The van der Waals surface area contributed by atoms with Crippen LogP contribution in [0.2, 0.25) is 0 Å². The maximum atomic E-state index is 13.6. The molecule has 2 aliphatic heterocycles. The second kappa shape index (κ2) is 10.1. The number of fused-ring (bicyclic) bond motifs is 1. The molecule has 1 amide bonds. The number of rotatable bonds is 10. The Morgan fingerprint density at radius 2 is 1.85 bits per heavy atom. The van der Waals surface area contributed by atoms with Gasteiger partial charge in [-0.2, -0.15) is 0 Å². The number of alkyl halides is 1. The number of amides is 1. The molecule has 3 N–H and O–H groups in total. The lowest BCUT2D eigenvalue weighted by Gasteiger charge is -2.35. The number of aromatic nitrogens is 1. The number of aliphatic hydroxyl groups is 1. The van der Waals surface area contributed by atoms with Gasteiger partial charge in [0.2, 0.25) is 16.9 Å². The van der Waals surface area contributed by atoms with Crippen LogP contribution in [0.25, 0.3) is 0 Å². The van der Waals surface area contributed by atoms with Gasteiger partial charge in [0.25, 0.3) is 5.91 Å². The van der Waals surface area contributed by atoms with Crippen molar-refractivity contribution >= 4 is 38.8 Å². The predicted molar refractivity (Wildman–Crippen MR) is 147 cm³/mol. The van der Waals surface area contributed by atoms with E-state index in [0.717, 1.165) is 44.7 Å². The summed E-state index contributed by atoms with van der Waals surface area (Å²) in [7, 11) is -3.77. The number of benzene rings is 1. The van der Waals surface area contributed by atoms with Crippen molar-refractivity contribution in [2.24, 2.45) is 17.3 Å². The lowest BCUT2D eigenvalue weighted by Crippen LogP contribution is -2.36. The first-order chi connectivity index (χ1) is 18.8. The molecule has 3 heterocycles. The Morgan fingerprint density at radius 3 is 2.51 bits per heavy atom. The van der Waals surface area contributed by atoms with Crippen molar-refractivity contribution < 1.29 is 27.4 Å². The molecule has 2 saturated carbocycles. The molecule has 4 aliphatic rings. The number of pyridine rings is 1. The summed E-state index contributed by atoms with van der Waals surface area (Å²) in [6.45, 7) is 1.88. The topological polar surface area (TPSA) is 124 Å². The van der Waals surface area contributed by atoms with Crippen LogP contribution in [0.15, 0.2) is 30.5 Å². The highest BCUT2D eigenvalue weighted by Gasteiger charge is 2.46. The van der Waals surface area contributed by atoms with Crippen molar-refractivity contribution in [3.05, 3.63) is 36.0 Å². The van der Waals surface area contributed by atoms with Gasteiger partial charge in [-0.15, -0.1) is 0 Å². The fourth-order valence-electron chi connectivity index (χ4n) is 5.98. The number of piperidine rings is 2. The Balaban J connectivity index is 1.26. The second-order valence-corrected chi connectivity index (χ2v) is 13.1. The van der Waals surface area contributed by atoms with Crippen molar-refractivity contribution in [3.63, 3.8) is 0 Å². The lowest BCUT2D eigenvalue weighted by atomic mass is 9.93. The normalized spacial score (nSPS) is 22.9. The molecule has 2 aliphatic carbocycles. The Kier molecular flexibility index (Phi) is 6.78. The largest absolute Gasteiger partial charge is 0.461 e. The van der Waals surface area contributed by atoms with E-state index >= 15 is 0 Å². The van der Waals surface area contributed by atoms with Gasteiger partial charge in [0, 0.05) is 44.1 Å². The van der Waals surface area contributed by atoms with Crippen LogP contribution in [-0.2, 0) is 10.0 Å². The van der Waals surface area contributed by atoms with Crippen LogP contribution in [0.5, 0.6) is 5.75 Å². The van der Waals surface area contributed by atoms with E-state index in [9.17, 15) is 17.6 Å². The highest BCUT2D eigenvalue weighted by atomic mass is 32.2. The number of nitrogens with zero attached hydrogens (tertiary/aromatic N) is 3. The van der Waals surface area contributed by atoms with Crippen LogP contribution in [-0.4, -0.2) is 69.8 Å². The van der Waals surface area contributed by atoms with Crippen molar-refractivity contribution in [2.45, 2.75) is 32.1 Å². The molecule has 2 aromatic rings. The number of hydrogen-bond donors (Lipinski definition) is 3. The smallest absolute Gasteiger partial charge is 0.259 e. The predicted octanol–water partition coefficient (Wildman–Crippen LogP) is 3.21. The number of ether oxygens (including phenoxy) is 1. The van der Waals surface area contributed by atoms with Crippen LogP contribution in [0.4, 0.5) is 27.3 Å². The molecule has 1 aromatic carbocycles. The average Bonchev–Trinajstić information content (AvgIpc) is 3.81. The first-order valence-electron chi connectivity index (χ1n) is 13.5. The van der Waals surface area contributed by atoms with Crippen molar-refractivity contribution in [1.82, 2.24) is 4.98 Å². The van der Waals surface area contributed by atoms with Crippen molar-refractivity contribution in [2.75, 3.05) is 65.2 Å². The molecule has 2 unspecified atom stereocenters. The minimum Gasteiger partial charge on any atom is -0.461 e. The zero-order valence-corrected chi connectivity index (χ0v) is 22.6. The minimum atomic E-state index is -3.77. The molecule has 2 saturated heterocycles. The second-order valence-electron chi connectivity index (χ2n) is 11.3. The number of hydrogen-bond acceptors (Lipinski definition) is 8. The highest BCUT2D eigenvalue weighted by Crippen LogP contribution is 2.54. The molecule has 39 heavy (non-hydrogen) atoms. The summed E-state index contributed by atoms with van der Waals surface area (Å²) in [6, 6.07) is 6.77. The minimum absolute atomic E-state index is 0.101. The molecule has 1 aromatic heterocycles. The van der Waals surface area contributed by atoms with E-state index < -0.39 is 29.2 Å². The van der Waals surface area contributed by atoms with Gasteiger partial charge in [-0.05, 0) is 67.6 Å². The molecular weight excluding hydrogens is 525 g/mol. The number of aliphatic hydroxyl groups excluding tert-OH is 1. The summed E-state index contributed by atoms with van der Waals surface area (Å²) < 4.78 is 45.1. The molecule has 1 spiro atoms. The van der Waals surface area contributed by atoms with Crippen LogP contribution in [0.3, 0.4) is 0 Å². The van der Waals surface area contributed by atoms with Crippen LogP contribution < -0.4 is 24.6 Å². The van der Waals surface area contributed by atoms with E-state index in [1.807, 2.05) is 6.07 Å². The van der Waals surface area contributed by atoms with Crippen LogP contribution in [0.1, 0.15) is 42.5 Å². The SMILES string of the molecule is O=C(Nc1ccc(OCF)c(N2CC3CC3C2)c1)c1cnc(NS(=O)(=O)CCO)cc1N1CCC2(CC1)CC2. The van der Waals surface area contributed by atoms with E-state index in [4.69, 9.17) is 9.84 Å². The van der Waals surface area contributed by atoms with Crippen LogP contribution in [0, 0.1) is 17.3 Å². The van der Waals surface area contributed by atoms with Gasteiger partial charge in [0.15, 0.2) is 0 Å². The molecule has 10 nitrogen and oxygen atoms in total. The Labute approximate surface area is 227 Å². The number of nitrogens with one attached hydrogen (secondary N) is 2. The van der Waals surface area contributed by atoms with E-state index in [0.29, 0.717) is 39.9 Å². The summed E-state index contributed by atoms with van der Waals surface area (Å²) in [4.78, 5) is 22.1. The number of carbonyl (C=O) groups is 1. The average molecular weight is 560 g/mol. The third-order valence-corrected chi connectivity index (χ3v) is 9.86. The molecule has 12 heteroatoms. The third-order valence-electron chi connectivity index (χ3n) is 8.62. The molecule has 0 bridgehead atoms. The van der Waals surface area contributed by atoms with E-state index in [1.165, 1.54) is 25.5 Å². The molecule has 0 radical (unpaired) electrons. The fourth-order valence-corrected chi connectivity index (χ4v) is 6.76. The molecule has 210 valence electrons. The number of sulfonamides is 1. The van der Waals surface area contributed by atoms with Gasteiger partial charge in [-0.3, -0.25) is 9.52 Å². The quantitative estimate of drug-likeness (QED) is 0.406. The number of halogens is 1. The van der Waals surface area contributed by atoms with Crippen molar-refractivity contribution in [3.8, 4) is 5.75 Å². The Hall–Kier alpha value is -3.12. The number of carbonyl (C=O) groups excluding carboxylic acids is 1. The Morgan fingerprint density at radius 1 is 1.10 bits per heavy atom. The maximum absolute atomic E-state index is 13.6. The highest BCUT2D eigenvalue weighted by molar-refractivity contribution is 7.92. The van der Waals surface area contributed by atoms with E-state index in [2.05, 4.69) is 24.8 Å². The van der Waals surface area contributed by atoms with Crippen molar-refractivity contribution in [1.29, 1.82) is 0 Å². The van der Waals surface area contributed by atoms with Gasteiger partial charge in [0.05, 0.1) is 29.3 Å². The van der Waals surface area contributed by atoms with E-state index in [-0.39, 0.29) is 11.7 Å². The molecule has 2 atom stereocenters. The van der Waals surface area contributed by atoms with Gasteiger partial charge >= 0.3 is 0 Å². The first kappa shape index (κ1) is 26.1. The fraction of sp³-hybridized carbons (Fsp3) is 0.556. The molecule has 6 rings (SSSR count). The third kappa shape index (κ3) is 5.62. The molecule has 4 fully saturated rings. The standard InChI is InChI=1S/C27H34FN5O5S/c28-17-38-24-2-1-20(12-23(24)33-15-18-11-19(18)16-33)30-26(35)21-14-29-25(31-39(36,37)10-9-34)13-22(21)32-7-5-27(3-4-27)6-8-32/h1-2,12-14,18-19,34H,3-11,15-17H2,(H,29,31)(H,30,35). The zero-order chi connectivity index (χ0) is 27.2. The summed E-state index contributed by atoms with van der Waals surface area (Å²) in [6.07, 6.45) is 7.14. The van der Waals surface area contributed by atoms with Gasteiger partial charge in [-0.1, -0.05) is 0 Å². The molecular formula is C27H34FN5O5S. The monoisotopic (exact) mass is 559 g/mol. The van der Waals surface area contributed by atoms with Gasteiger partial charge in [0.1, 0.15) is 11.6 Å². The first-order valence-corrected chi connectivity index (χ1v) is 15.2. The van der Waals surface area contributed by atoms with E-state index in [1.54, 1.807) is 18.2 Å². The summed E-state index contributed by atoms with van der Waals surface area (Å²) in [5.41, 5.74) is 2.68. The lowest BCUT2D eigenvalue weighted by molar-refractivity contribution is 0.102. The summed E-state index contributed by atoms with van der Waals surface area (Å²) >= 11 is 0. The maximum Gasteiger partial charge on any atom is 0.259 e. The zero-order valence-electron chi connectivity index (χ0n) is 21.7. The Bertz CT molecular complexity index is 1350. The number of anilines is 4. The van der Waals surface area contributed by atoms with Crippen LogP contribution >= 0.6 is 0 Å². The summed E-state index contributed by atoms with van der Waals surface area (Å²) in [5, 5.41) is 12.0. The van der Waals surface area contributed by atoms with Gasteiger partial charge < -0.3 is 25.0 Å². The summed E-state index contributed by atoms with van der Waals surface area (Å²) in [5.74, 6) is 1.07.